The van der Waals surface area contributed by atoms with E-state index < -0.39 is 0 Å². The first kappa shape index (κ1) is 18.4. The van der Waals surface area contributed by atoms with Crippen LogP contribution >= 0.6 is 0 Å². The molecule has 0 amide bonds. The molecule has 5 heteroatoms. The van der Waals surface area contributed by atoms with Crippen LogP contribution in [0, 0.1) is 0 Å². The maximum atomic E-state index is 4.80. The highest BCUT2D eigenvalue weighted by Crippen LogP contribution is 2.28. The predicted octanol–water partition coefficient (Wildman–Crippen LogP) is 4.94. The molecule has 0 atom stereocenters. The fourth-order valence-electron chi connectivity index (χ4n) is 3.69. The first-order valence-electron chi connectivity index (χ1n) is 10.2. The number of rotatable bonds is 7. The topological polar surface area (TPSA) is 62.7 Å². The van der Waals surface area contributed by atoms with E-state index in [2.05, 4.69) is 44.9 Å². The SMILES string of the molecule is c1ccc(CCNc2ncc(-c3ccccn3)c(NC3CCCCC3)n2)cc1. The minimum Gasteiger partial charge on any atom is -0.367 e. The zero-order valence-electron chi connectivity index (χ0n) is 16.1. The molecule has 1 aromatic carbocycles. The number of nitrogens with one attached hydrogen (secondary N) is 2. The van der Waals surface area contributed by atoms with Crippen molar-refractivity contribution in [2.24, 2.45) is 0 Å². The van der Waals surface area contributed by atoms with E-state index in [0.29, 0.717) is 12.0 Å². The van der Waals surface area contributed by atoms with Crippen LogP contribution in [0.3, 0.4) is 0 Å². The van der Waals surface area contributed by atoms with Gasteiger partial charge in [-0.1, -0.05) is 55.7 Å². The lowest BCUT2D eigenvalue weighted by molar-refractivity contribution is 0.462. The lowest BCUT2D eigenvalue weighted by atomic mass is 9.95. The molecule has 2 N–H and O–H groups in total. The molecule has 0 saturated heterocycles. The first-order valence-corrected chi connectivity index (χ1v) is 10.2. The summed E-state index contributed by atoms with van der Waals surface area (Å²) in [7, 11) is 0. The average Bonchev–Trinajstić information content (AvgIpc) is 2.76. The third-order valence-electron chi connectivity index (χ3n) is 5.22. The maximum Gasteiger partial charge on any atom is 0.224 e. The van der Waals surface area contributed by atoms with Crippen molar-refractivity contribution < 1.29 is 0 Å². The second-order valence-electron chi connectivity index (χ2n) is 7.31. The number of nitrogens with zero attached hydrogens (tertiary/aromatic N) is 3. The van der Waals surface area contributed by atoms with E-state index in [1.54, 1.807) is 0 Å². The Balaban J connectivity index is 1.50. The largest absolute Gasteiger partial charge is 0.367 e. The molecule has 2 aromatic heterocycles. The molecule has 1 aliphatic rings. The molecule has 0 unspecified atom stereocenters. The average molecular weight is 374 g/mol. The van der Waals surface area contributed by atoms with Crippen molar-refractivity contribution in [2.45, 2.75) is 44.6 Å². The minimum atomic E-state index is 0.475. The molecular formula is C23H27N5. The van der Waals surface area contributed by atoms with Crippen LogP contribution in [-0.4, -0.2) is 27.5 Å². The molecule has 1 saturated carbocycles. The molecule has 5 nitrogen and oxygen atoms in total. The summed E-state index contributed by atoms with van der Waals surface area (Å²) in [6, 6.07) is 16.9. The molecule has 0 bridgehead atoms. The van der Waals surface area contributed by atoms with Gasteiger partial charge in [-0.2, -0.15) is 4.98 Å². The van der Waals surface area contributed by atoms with E-state index in [0.717, 1.165) is 30.0 Å². The fraction of sp³-hybridized carbons (Fsp3) is 0.348. The van der Waals surface area contributed by atoms with Crippen molar-refractivity contribution in [2.75, 3.05) is 17.2 Å². The van der Waals surface area contributed by atoms with Gasteiger partial charge in [-0.05, 0) is 37.0 Å². The van der Waals surface area contributed by atoms with Crippen LogP contribution in [0.1, 0.15) is 37.7 Å². The number of aromatic nitrogens is 3. The highest BCUT2D eigenvalue weighted by Gasteiger charge is 2.17. The quantitative estimate of drug-likeness (QED) is 0.614. The Morgan fingerprint density at radius 1 is 0.893 bits per heavy atom. The molecule has 4 rings (SSSR count). The van der Waals surface area contributed by atoms with Crippen LogP contribution in [0.5, 0.6) is 0 Å². The number of pyridine rings is 1. The van der Waals surface area contributed by atoms with E-state index in [1.807, 2.05) is 36.7 Å². The Morgan fingerprint density at radius 3 is 2.50 bits per heavy atom. The monoisotopic (exact) mass is 373 g/mol. The highest BCUT2D eigenvalue weighted by molar-refractivity contribution is 5.72. The molecule has 2 heterocycles. The smallest absolute Gasteiger partial charge is 0.224 e. The van der Waals surface area contributed by atoms with Crippen LogP contribution < -0.4 is 10.6 Å². The van der Waals surface area contributed by atoms with Gasteiger partial charge in [0.2, 0.25) is 5.95 Å². The Labute approximate surface area is 166 Å². The van der Waals surface area contributed by atoms with Crippen molar-refractivity contribution in [3.63, 3.8) is 0 Å². The van der Waals surface area contributed by atoms with Gasteiger partial charge >= 0.3 is 0 Å². The highest BCUT2D eigenvalue weighted by atomic mass is 15.1. The Morgan fingerprint density at radius 2 is 1.71 bits per heavy atom. The standard InChI is InChI=1S/C23H27N5/c1-3-9-18(10-4-1)14-16-25-23-26-17-20(21-13-7-8-15-24-21)22(28-23)27-19-11-5-2-6-12-19/h1,3-4,7-10,13,15,17,19H,2,5-6,11-12,14,16H2,(H2,25,26,27,28). The number of anilines is 2. The fourth-order valence-corrected chi connectivity index (χ4v) is 3.69. The molecule has 144 valence electrons. The van der Waals surface area contributed by atoms with Crippen molar-refractivity contribution in [3.8, 4) is 11.3 Å². The number of hydrogen-bond donors (Lipinski definition) is 2. The number of benzene rings is 1. The van der Waals surface area contributed by atoms with Gasteiger partial charge in [-0.25, -0.2) is 4.98 Å². The number of hydrogen-bond acceptors (Lipinski definition) is 5. The maximum absolute atomic E-state index is 4.80. The van der Waals surface area contributed by atoms with Gasteiger partial charge in [0.15, 0.2) is 0 Å². The summed E-state index contributed by atoms with van der Waals surface area (Å²) in [6.07, 6.45) is 10.9. The zero-order valence-corrected chi connectivity index (χ0v) is 16.1. The van der Waals surface area contributed by atoms with Gasteiger partial charge in [-0.3, -0.25) is 4.98 Å². The third-order valence-corrected chi connectivity index (χ3v) is 5.22. The van der Waals surface area contributed by atoms with Crippen LogP contribution in [-0.2, 0) is 6.42 Å². The molecular weight excluding hydrogens is 346 g/mol. The van der Waals surface area contributed by atoms with Gasteiger partial charge in [0.25, 0.3) is 0 Å². The van der Waals surface area contributed by atoms with Crippen molar-refractivity contribution in [1.82, 2.24) is 15.0 Å². The van der Waals surface area contributed by atoms with Gasteiger partial charge in [0, 0.05) is 25.0 Å². The van der Waals surface area contributed by atoms with Crippen LogP contribution in [0.4, 0.5) is 11.8 Å². The van der Waals surface area contributed by atoms with Crippen LogP contribution in [0.2, 0.25) is 0 Å². The van der Waals surface area contributed by atoms with E-state index >= 15 is 0 Å². The summed E-state index contributed by atoms with van der Waals surface area (Å²) in [4.78, 5) is 13.8. The second kappa shape index (κ2) is 9.31. The molecule has 0 radical (unpaired) electrons. The second-order valence-corrected chi connectivity index (χ2v) is 7.31. The molecule has 28 heavy (non-hydrogen) atoms. The minimum absolute atomic E-state index is 0.475. The van der Waals surface area contributed by atoms with Crippen LogP contribution in [0.15, 0.2) is 60.9 Å². The molecule has 0 spiro atoms. The summed E-state index contributed by atoms with van der Waals surface area (Å²) in [5, 5.41) is 7.03. The normalized spacial score (nSPS) is 14.6. The lowest BCUT2D eigenvalue weighted by Crippen LogP contribution is -2.23. The molecule has 1 fully saturated rings. The summed E-state index contributed by atoms with van der Waals surface area (Å²) in [5.74, 6) is 1.54. The Bertz CT molecular complexity index is 861. The molecule has 3 aromatic rings. The van der Waals surface area contributed by atoms with Gasteiger partial charge < -0.3 is 10.6 Å². The molecule has 0 aliphatic heterocycles. The zero-order chi connectivity index (χ0) is 19.0. The van der Waals surface area contributed by atoms with Gasteiger partial charge in [-0.15, -0.1) is 0 Å². The predicted molar refractivity (Wildman–Crippen MR) is 114 cm³/mol. The Kier molecular flexibility index (Phi) is 6.12. The van der Waals surface area contributed by atoms with Crippen molar-refractivity contribution >= 4 is 11.8 Å². The summed E-state index contributed by atoms with van der Waals surface area (Å²) < 4.78 is 0. The summed E-state index contributed by atoms with van der Waals surface area (Å²) >= 11 is 0. The van der Waals surface area contributed by atoms with E-state index in [-0.39, 0.29) is 0 Å². The summed E-state index contributed by atoms with van der Waals surface area (Å²) in [6.45, 7) is 0.801. The first-order chi connectivity index (χ1) is 13.9. The molecule has 1 aliphatic carbocycles. The summed E-state index contributed by atoms with van der Waals surface area (Å²) in [5.41, 5.74) is 3.16. The van der Waals surface area contributed by atoms with Crippen LogP contribution in [0.25, 0.3) is 11.3 Å². The van der Waals surface area contributed by atoms with Gasteiger partial charge in [0.05, 0.1) is 11.3 Å². The van der Waals surface area contributed by atoms with E-state index in [1.165, 1.54) is 37.7 Å². The van der Waals surface area contributed by atoms with Crippen molar-refractivity contribution in [1.29, 1.82) is 0 Å². The van der Waals surface area contributed by atoms with E-state index in [4.69, 9.17) is 4.98 Å². The van der Waals surface area contributed by atoms with E-state index in [9.17, 15) is 0 Å². The van der Waals surface area contributed by atoms with Gasteiger partial charge in [0.1, 0.15) is 5.82 Å². The third kappa shape index (κ3) is 4.85. The van der Waals surface area contributed by atoms with Crippen molar-refractivity contribution in [3.05, 3.63) is 66.5 Å². The Hall–Kier alpha value is -2.95. The lowest BCUT2D eigenvalue weighted by Gasteiger charge is -2.24.